The van der Waals surface area contributed by atoms with Crippen molar-refractivity contribution in [2.24, 2.45) is 4.99 Å². The molecule has 0 radical (unpaired) electrons. The molecule has 33 heavy (non-hydrogen) atoms. The van der Waals surface area contributed by atoms with Crippen LogP contribution in [-0.4, -0.2) is 56.3 Å². The van der Waals surface area contributed by atoms with E-state index in [1.54, 1.807) is 23.7 Å². The number of hydrogen-bond acceptors (Lipinski definition) is 10. The van der Waals surface area contributed by atoms with Crippen LogP contribution in [0.15, 0.2) is 35.4 Å². The highest BCUT2D eigenvalue weighted by molar-refractivity contribution is 7.15. The van der Waals surface area contributed by atoms with Crippen molar-refractivity contribution in [3.8, 4) is 0 Å². The van der Waals surface area contributed by atoms with Crippen LogP contribution in [0.1, 0.15) is 62.1 Å². The van der Waals surface area contributed by atoms with Gasteiger partial charge in [0.2, 0.25) is 0 Å². The van der Waals surface area contributed by atoms with Crippen LogP contribution < -0.4 is 10.6 Å². The van der Waals surface area contributed by atoms with Gasteiger partial charge < -0.3 is 20.5 Å². The van der Waals surface area contributed by atoms with Crippen molar-refractivity contribution in [2.75, 3.05) is 18.4 Å². The summed E-state index contributed by atoms with van der Waals surface area (Å²) in [5, 5.41) is 16.9. The van der Waals surface area contributed by atoms with Gasteiger partial charge >= 0.3 is 0 Å². The second-order valence-electron chi connectivity index (χ2n) is 9.00. The molecule has 9 nitrogen and oxygen atoms in total. The third kappa shape index (κ3) is 5.87. The van der Waals surface area contributed by atoms with E-state index in [0.29, 0.717) is 24.9 Å². The number of β-amino-alcohol motifs (C(OH)–C–C–N with tert-alkyl or cyclic N) is 1. The number of nitrogens with zero attached hydrogens (tertiary/aromatic N) is 5. The van der Waals surface area contributed by atoms with Crippen LogP contribution in [-0.2, 0) is 11.3 Å². The van der Waals surface area contributed by atoms with E-state index < -0.39 is 0 Å². The van der Waals surface area contributed by atoms with Gasteiger partial charge in [-0.05, 0) is 45.1 Å². The lowest BCUT2D eigenvalue weighted by molar-refractivity contribution is 0.135. The fourth-order valence-corrected chi connectivity index (χ4v) is 5.30. The molecule has 176 valence electrons. The van der Waals surface area contributed by atoms with Gasteiger partial charge in [-0.3, -0.25) is 9.88 Å². The van der Waals surface area contributed by atoms with Crippen molar-refractivity contribution in [1.29, 1.82) is 0 Å². The van der Waals surface area contributed by atoms with Gasteiger partial charge in [-0.15, -0.1) is 0 Å². The first-order valence-corrected chi connectivity index (χ1v) is 12.6. The fraction of sp³-hybridized carbons (Fsp3) is 0.565. The number of amidine groups is 1. The first kappa shape index (κ1) is 22.2. The SMILES string of the molecule is CC1=CC(c2cnc(Nc3cnc(CN4CCC(O)C4)cn3)s2)N=C(OC2CCCCC2)N1. The third-order valence-corrected chi connectivity index (χ3v) is 7.17. The number of aliphatic hydroxyl groups excluding tert-OH is 1. The molecule has 5 rings (SSSR count). The predicted octanol–water partition coefficient (Wildman–Crippen LogP) is 3.50. The molecule has 3 aliphatic rings. The number of aromatic nitrogens is 3. The van der Waals surface area contributed by atoms with Crippen molar-refractivity contribution in [3.05, 3.63) is 40.9 Å². The molecule has 1 aliphatic carbocycles. The Morgan fingerprint density at radius 2 is 2.03 bits per heavy atom. The number of hydrogen-bond donors (Lipinski definition) is 3. The number of nitrogens with one attached hydrogen (secondary N) is 2. The van der Waals surface area contributed by atoms with Gasteiger partial charge in [0.05, 0.1) is 29.1 Å². The molecule has 0 amide bonds. The molecule has 0 bridgehead atoms. The summed E-state index contributed by atoms with van der Waals surface area (Å²) in [5.41, 5.74) is 1.93. The second kappa shape index (κ2) is 10.1. The van der Waals surface area contributed by atoms with Crippen molar-refractivity contribution < 1.29 is 9.84 Å². The predicted molar refractivity (Wildman–Crippen MR) is 128 cm³/mol. The summed E-state index contributed by atoms with van der Waals surface area (Å²) in [6.45, 7) is 4.33. The summed E-state index contributed by atoms with van der Waals surface area (Å²) < 4.78 is 6.15. The van der Waals surface area contributed by atoms with E-state index >= 15 is 0 Å². The molecule has 0 spiro atoms. The van der Waals surface area contributed by atoms with E-state index in [2.05, 4.69) is 36.6 Å². The lowest BCUT2D eigenvalue weighted by Gasteiger charge is -2.26. The maximum Gasteiger partial charge on any atom is 0.290 e. The highest BCUT2D eigenvalue weighted by Gasteiger charge is 2.23. The Labute approximate surface area is 198 Å². The quantitative estimate of drug-likeness (QED) is 0.590. The van der Waals surface area contributed by atoms with Crippen LogP contribution in [0.25, 0.3) is 0 Å². The van der Waals surface area contributed by atoms with E-state index in [-0.39, 0.29) is 18.2 Å². The van der Waals surface area contributed by atoms with Crippen molar-refractivity contribution in [1.82, 2.24) is 25.2 Å². The Hall–Kier alpha value is -2.56. The molecule has 2 atom stereocenters. The minimum Gasteiger partial charge on any atom is -0.462 e. The van der Waals surface area contributed by atoms with E-state index in [9.17, 15) is 5.11 Å². The molecule has 2 aliphatic heterocycles. The summed E-state index contributed by atoms with van der Waals surface area (Å²) in [6.07, 6.45) is 14.3. The Kier molecular flexibility index (Phi) is 6.84. The van der Waals surface area contributed by atoms with Crippen LogP contribution >= 0.6 is 11.3 Å². The van der Waals surface area contributed by atoms with Crippen LogP contribution in [0.2, 0.25) is 0 Å². The summed E-state index contributed by atoms with van der Waals surface area (Å²) in [6, 6.07) is 0.504. The number of allylic oxidation sites excluding steroid dienone is 1. The third-order valence-electron chi connectivity index (χ3n) is 6.19. The van der Waals surface area contributed by atoms with E-state index in [1.165, 1.54) is 19.3 Å². The Morgan fingerprint density at radius 1 is 1.15 bits per heavy atom. The van der Waals surface area contributed by atoms with Crippen molar-refractivity contribution in [3.63, 3.8) is 0 Å². The molecular weight excluding hydrogens is 438 g/mol. The maximum atomic E-state index is 9.67. The summed E-state index contributed by atoms with van der Waals surface area (Å²) in [4.78, 5) is 21.5. The molecular formula is C23H31N7O2S. The van der Waals surface area contributed by atoms with Gasteiger partial charge in [-0.25, -0.2) is 15.0 Å². The highest BCUT2D eigenvalue weighted by Crippen LogP contribution is 2.32. The number of thiazole rings is 1. The zero-order valence-electron chi connectivity index (χ0n) is 18.9. The molecule has 0 aromatic carbocycles. The van der Waals surface area contributed by atoms with Gasteiger partial charge in [0.1, 0.15) is 12.1 Å². The minimum absolute atomic E-state index is 0.109. The largest absolute Gasteiger partial charge is 0.462 e. The average Bonchev–Trinajstić information content (AvgIpc) is 3.44. The number of ether oxygens (including phenoxy) is 1. The summed E-state index contributed by atoms with van der Waals surface area (Å²) in [5.74, 6) is 0.656. The van der Waals surface area contributed by atoms with Crippen LogP contribution in [0.4, 0.5) is 10.9 Å². The topological polar surface area (TPSA) is 108 Å². The molecule has 10 heteroatoms. The second-order valence-corrected chi connectivity index (χ2v) is 10.1. The fourth-order valence-electron chi connectivity index (χ4n) is 4.47. The first-order chi connectivity index (χ1) is 16.1. The molecule has 1 saturated carbocycles. The molecule has 2 fully saturated rings. The van der Waals surface area contributed by atoms with Crippen LogP contribution in [0.5, 0.6) is 0 Å². The van der Waals surface area contributed by atoms with E-state index in [4.69, 9.17) is 9.73 Å². The van der Waals surface area contributed by atoms with E-state index in [1.807, 2.05) is 13.1 Å². The number of aliphatic imine (C=N–C) groups is 1. The summed E-state index contributed by atoms with van der Waals surface area (Å²) in [7, 11) is 0. The number of rotatable bonds is 6. The van der Waals surface area contributed by atoms with Crippen molar-refractivity contribution >= 4 is 28.3 Å². The zero-order chi connectivity index (χ0) is 22.6. The van der Waals surface area contributed by atoms with Gasteiger partial charge in [-0.1, -0.05) is 17.8 Å². The molecule has 4 heterocycles. The molecule has 2 aromatic heterocycles. The van der Waals surface area contributed by atoms with Crippen molar-refractivity contribution in [2.45, 2.75) is 70.2 Å². The van der Waals surface area contributed by atoms with Crippen LogP contribution in [0, 0.1) is 0 Å². The first-order valence-electron chi connectivity index (χ1n) is 11.7. The lowest BCUT2D eigenvalue weighted by Crippen LogP contribution is -2.33. The Bertz CT molecular complexity index is 1000. The van der Waals surface area contributed by atoms with Gasteiger partial charge in [0, 0.05) is 31.5 Å². The molecule has 1 saturated heterocycles. The minimum atomic E-state index is -0.226. The maximum absolute atomic E-state index is 9.67. The average molecular weight is 470 g/mol. The summed E-state index contributed by atoms with van der Waals surface area (Å²) >= 11 is 1.55. The van der Waals surface area contributed by atoms with Gasteiger partial charge in [0.25, 0.3) is 6.02 Å². The lowest BCUT2D eigenvalue weighted by atomic mass is 9.98. The molecule has 2 unspecified atom stereocenters. The number of anilines is 2. The molecule has 3 N–H and O–H groups in total. The van der Waals surface area contributed by atoms with E-state index in [0.717, 1.165) is 47.2 Å². The Balaban J connectivity index is 1.20. The van der Waals surface area contributed by atoms with Gasteiger partial charge in [-0.2, -0.15) is 0 Å². The van der Waals surface area contributed by atoms with Crippen LogP contribution in [0.3, 0.4) is 0 Å². The normalized spacial score (nSPS) is 24.2. The van der Waals surface area contributed by atoms with Gasteiger partial charge in [0.15, 0.2) is 10.9 Å². The number of aliphatic hydroxyl groups is 1. The zero-order valence-corrected chi connectivity index (χ0v) is 19.7. The monoisotopic (exact) mass is 469 g/mol. The highest BCUT2D eigenvalue weighted by atomic mass is 32.1. The number of likely N-dealkylation sites (tertiary alicyclic amines) is 1. The standard InChI is InChI=1S/C23H31N7O2S/c1-15-9-19(28-22(27-15)32-18-5-3-2-4-6-18)20-11-26-23(33-20)29-21-12-24-16(10-25-21)13-30-8-7-17(31)14-30/h9-12,17-19,31H,2-8,13-14H2,1H3,(H,27,28)(H,25,26,29). The molecule has 2 aromatic rings. The Morgan fingerprint density at radius 3 is 2.79 bits per heavy atom. The smallest absolute Gasteiger partial charge is 0.290 e.